The fraction of sp³-hybridized carbons (Fsp3) is 0.346. The second-order valence-corrected chi connectivity index (χ2v) is 8.96. The van der Waals surface area contributed by atoms with Crippen LogP contribution < -0.4 is 0 Å². The predicted molar refractivity (Wildman–Crippen MR) is 129 cm³/mol. The number of hydrogen-bond acceptors (Lipinski definition) is 4. The van der Waals surface area contributed by atoms with E-state index in [2.05, 4.69) is 44.5 Å². The Morgan fingerprint density at radius 3 is 2.53 bits per heavy atom. The molecule has 7 nitrogen and oxygen atoms in total. The maximum atomic E-state index is 13.2. The Hall–Kier alpha value is -3.52. The first kappa shape index (κ1) is 22.3. The largest absolute Gasteiger partial charge is 0.361 e. The lowest BCUT2D eigenvalue weighted by molar-refractivity contribution is -0.134. The van der Waals surface area contributed by atoms with Gasteiger partial charge in [-0.15, -0.1) is 10.2 Å². The summed E-state index contributed by atoms with van der Waals surface area (Å²) < 4.78 is 15.1. The zero-order valence-corrected chi connectivity index (χ0v) is 19.3. The third kappa shape index (κ3) is 4.72. The highest BCUT2D eigenvalue weighted by atomic mass is 19.1. The number of halogens is 1. The highest BCUT2D eigenvalue weighted by molar-refractivity contribution is 5.85. The lowest BCUT2D eigenvalue weighted by Gasteiger charge is -2.36. The van der Waals surface area contributed by atoms with Gasteiger partial charge in [0, 0.05) is 49.0 Å². The molecule has 1 atom stereocenters. The van der Waals surface area contributed by atoms with Crippen LogP contribution in [0.25, 0.3) is 16.6 Å². The molecule has 8 heteroatoms. The fourth-order valence-corrected chi connectivity index (χ4v) is 4.72. The van der Waals surface area contributed by atoms with Crippen LogP contribution in [0, 0.1) is 5.82 Å². The monoisotopic (exact) mass is 460 g/mol. The Labute approximate surface area is 198 Å². The summed E-state index contributed by atoms with van der Waals surface area (Å²) in [5.74, 6) is -0.411. The van der Waals surface area contributed by atoms with Gasteiger partial charge in [0.05, 0.1) is 5.92 Å². The minimum absolute atomic E-state index is 0.119. The maximum Gasteiger partial charge on any atom is 0.229 e. The van der Waals surface area contributed by atoms with Gasteiger partial charge in [-0.3, -0.25) is 14.3 Å². The zero-order valence-electron chi connectivity index (χ0n) is 19.3. The molecule has 4 aromatic rings. The molecule has 1 amide bonds. The van der Waals surface area contributed by atoms with E-state index in [1.165, 1.54) is 23.1 Å². The molecule has 176 valence electrons. The van der Waals surface area contributed by atoms with Crippen molar-refractivity contribution in [1.29, 1.82) is 0 Å². The number of rotatable bonds is 7. The van der Waals surface area contributed by atoms with Gasteiger partial charge in [0.25, 0.3) is 0 Å². The number of fused-ring (bicyclic) bond motifs is 1. The molecule has 1 fully saturated rings. The summed E-state index contributed by atoms with van der Waals surface area (Å²) in [4.78, 5) is 20.6. The van der Waals surface area contributed by atoms with E-state index in [4.69, 9.17) is 0 Å². The van der Waals surface area contributed by atoms with Gasteiger partial charge in [-0.25, -0.2) is 4.39 Å². The molecule has 0 bridgehead atoms. The van der Waals surface area contributed by atoms with Crippen LogP contribution in [-0.2, 0) is 11.2 Å². The van der Waals surface area contributed by atoms with Crippen molar-refractivity contribution in [2.45, 2.75) is 25.7 Å². The topological polar surface area (TPSA) is 70.1 Å². The average molecular weight is 461 g/mol. The third-order valence-corrected chi connectivity index (χ3v) is 6.81. The summed E-state index contributed by atoms with van der Waals surface area (Å²) in [5.41, 5.74) is 4.36. The summed E-state index contributed by atoms with van der Waals surface area (Å²) in [5, 5.41) is 9.02. The van der Waals surface area contributed by atoms with Crippen LogP contribution in [0.2, 0.25) is 0 Å². The first-order valence-corrected chi connectivity index (χ1v) is 11.8. The summed E-state index contributed by atoms with van der Waals surface area (Å²) in [6, 6.07) is 12.6. The quantitative estimate of drug-likeness (QED) is 0.456. The van der Waals surface area contributed by atoms with Gasteiger partial charge in [0.1, 0.15) is 18.5 Å². The Balaban J connectivity index is 1.12. The molecule has 1 N–H and O–H groups in total. The molecule has 5 rings (SSSR count). The van der Waals surface area contributed by atoms with Gasteiger partial charge in [-0.1, -0.05) is 12.1 Å². The molecule has 0 spiro atoms. The number of aryl methyl sites for hydroxylation is 1. The molecule has 2 aromatic heterocycles. The number of carbonyl (C=O) groups is 1. The van der Waals surface area contributed by atoms with Crippen LogP contribution in [0.15, 0.2) is 61.3 Å². The van der Waals surface area contributed by atoms with E-state index >= 15 is 0 Å². The Morgan fingerprint density at radius 1 is 1.06 bits per heavy atom. The van der Waals surface area contributed by atoms with Crippen LogP contribution in [-0.4, -0.2) is 68.2 Å². The molecule has 0 unspecified atom stereocenters. The van der Waals surface area contributed by atoms with E-state index < -0.39 is 0 Å². The lowest BCUT2D eigenvalue weighted by Crippen LogP contribution is -2.49. The summed E-state index contributed by atoms with van der Waals surface area (Å²) in [7, 11) is 0. The van der Waals surface area contributed by atoms with Gasteiger partial charge in [-0.2, -0.15) is 0 Å². The number of H-pyrrole nitrogens is 1. The van der Waals surface area contributed by atoms with Gasteiger partial charge in [-0.05, 0) is 67.8 Å². The molecule has 34 heavy (non-hydrogen) atoms. The summed E-state index contributed by atoms with van der Waals surface area (Å²) in [6.45, 7) is 6.14. The van der Waals surface area contributed by atoms with Gasteiger partial charge in [0.2, 0.25) is 5.91 Å². The first-order chi connectivity index (χ1) is 16.6. The second-order valence-electron chi connectivity index (χ2n) is 8.96. The van der Waals surface area contributed by atoms with Crippen molar-refractivity contribution in [3.8, 4) is 5.69 Å². The van der Waals surface area contributed by atoms with Gasteiger partial charge in [0.15, 0.2) is 0 Å². The predicted octanol–water partition coefficient (Wildman–Crippen LogP) is 3.77. The molecular formula is C26H29FN6O. The van der Waals surface area contributed by atoms with Crippen LogP contribution in [0.1, 0.15) is 30.4 Å². The Bertz CT molecular complexity index is 1240. The number of aromatic amines is 1. The van der Waals surface area contributed by atoms with Crippen molar-refractivity contribution in [3.63, 3.8) is 0 Å². The molecular weight excluding hydrogens is 431 g/mol. The van der Waals surface area contributed by atoms with Crippen LogP contribution in [0.3, 0.4) is 0 Å². The molecule has 0 radical (unpaired) electrons. The number of hydrogen-bond donors (Lipinski definition) is 1. The van der Waals surface area contributed by atoms with E-state index in [0.29, 0.717) is 0 Å². The van der Waals surface area contributed by atoms with Crippen LogP contribution in [0.4, 0.5) is 4.39 Å². The van der Waals surface area contributed by atoms with Crippen molar-refractivity contribution in [1.82, 2.24) is 29.5 Å². The Morgan fingerprint density at radius 2 is 1.79 bits per heavy atom. The van der Waals surface area contributed by atoms with Crippen molar-refractivity contribution < 1.29 is 9.18 Å². The zero-order chi connectivity index (χ0) is 23.5. The van der Waals surface area contributed by atoms with Crippen LogP contribution in [0.5, 0.6) is 0 Å². The van der Waals surface area contributed by atoms with E-state index in [-0.39, 0.29) is 17.6 Å². The van der Waals surface area contributed by atoms with E-state index in [1.54, 1.807) is 24.8 Å². The number of carbonyl (C=O) groups excluding carboxylic acids is 1. The van der Waals surface area contributed by atoms with E-state index in [0.717, 1.165) is 62.3 Å². The molecule has 1 saturated heterocycles. The standard InChI is InChI=1S/C26H29FN6O/c1-19(20-4-6-22(27)7-5-20)26(34)32-13-11-31(12-14-32)10-2-3-21-16-28-25-9-8-23(15-24(21)25)33-17-29-30-18-33/h4-9,15-19,28H,2-3,10-14H2,1H3/t19-/m1/s1. The number of amides is 1. The maximum absolute atomic E-state index is 13.2. The minimum atomic E-state index is -0.277. The number of nitrogens with zero attached hydrogens (tertiary/aromatic N) is 5. The highest BCUT2D eigenvalue weighted by Crippen LogP contribution is 2.23. The first-order valence-electron chi connectivity index (χ1n) is 11.8. The molecule has 0 saturated carbocycles. The summed E-state index contributed by atoms with van der Waals surface area (Å²) >= 11 is 0. The highest BCUT2D eigenvalue weighted by Gasteiger charge is 2.25. The van der Waals surface area contributed by atoms with Crippen LogP contribution >= 0.6 is 0 Å². The molecule has 3 heterocycles. The molecule has 1 aliphatic heterocycles. The molecule has 0 aliphatic carbocycles. The summed E-state index contributed by atoms with van der Waals surface area (Å²) in [6.07, 6.45) is 7.57. The van der Waals surface area contributed by atoms with Crippen molar-refractivity contribution in [2.75, 3.05) is 32.7 Å². The normalized spacial score (nSPS) is 15.6. The van der Waals surface area contributed by atoms with Gasteiger partial charge >= 0.3 is 0 Å². The van der Waals surface area contributed by atoms with Gasteiger partial charge < -0.3 is 9.88 Å². The van der Waals surface area contributed by atoms with Crippen molar-refractivity contribution in [3.05, 3.63) is 78.3 Å². The van der Waals surface area contributed by atoms with E-state index in [9.17, 15) is 9.18 Å². The SMILES string of the molecule is C[C@@H](C(=O)N1CCN(CCCc2c[nH]c3ccc(-n4cnnc4)cc23)CC1)c1ccc(F)cc1. The fourth-order valence-electron chi connectivity index (χ4n) is 4.72. The third-order valence-electron chi connectivity index (χ3n) is 6.81. The lowest BCUT2D eigenvalue weighted by atomic mass is 9.99. The molecule has 1 aliphatic rings. The molecule has 2 aromatic carbocycles. The smallest absolute Gasteiger partial charge is 0.229 e. The van der Waals surface area contributed by atoms with Crippen molar-refractivity contribution in [2.24, 2.45) is 0 Å². The number of benzene rings is 2. The number of nitrogens with one attached hydrogen (secondary N) is 1. The van der Waals surface area contributed by atoms with Crippen molar-refractivity contribution >= 4 is 16.8 Å². The number of aromatic nitrogens is 4. The average Bonchev–Trinajstić information content (AvgIpc) is 3.54. The Kier molecular flexibility index (Phi) is 6.40. The minimum Gasteiger partial charge on any atom is -0.361 e. The number of piperazine rings is 1. The van der Waals surface area contributed by atoms with E-state index in [1.807, 2.05) is 16.4 Å². The second kappa shape index (κ2) is 9.77.